The van der Waals surface area contributed by atoms with Crippen molar-refractivity contribution in [2.45, 2.75) is 0 Å². The van der Waals surface area contributed by atoms with E-state index >= 15 is 0 Å². The summed E-state index contributed by atoms with van der Waals surface area (Å²) >= 11 is 0. The first kappa shape index (κ1) is 35.9. The topological polar surface area (TPSA) is 336 Å². The Morgan fingerprint density at radius 2 is 0.644 bits per heavy atom. The highest BCUT2D eigenvalue weighted by Gasteiger charge is 2.23. The van der Waals surface area contributed by atoms with E-state index in [4.69, 9.17) is 46.0 Å². The molecule has 0 saturated heterocycles. The molecular formula is C27H18O18. The first-order chi connectivity index (χ1) is 20.8. The molecule has 45 heavy (non-hydrogen) atoms. The van der Waals surface area contributed by atoms with Crippen LogP contribution in [-0.2, 0) is 0 Å². The average Bonchev–Trinajstić information content (AvgIpc) is 2.96. The van der Waals surface area contributed by atoms with Crippen LogP contribution in [-0.4, -0.2) is 99.7 Å². The van der Waals surface area contributed by atoms with Gasteiger partial charge in [-0.2, -0.15) is 0 Å². The Morgan fingerprint density at radius 3 is 0.911 bits per heavy atom. The van der Waals surface area contributed by atoms with Crippen LogP contribution in [0.3, 0.4) is 0 Å². The molecule has 18 heteroatoms. The standard InChI is InChI=1S/3C9H6O6/c10-7(11)4-1-5(8(12)13)3-6(2-4)9(14)15;10-7(11)4-1-2-5(8(12)13)6(3-4)9(14)15;10-7(11)4-2-1-3-5(8(12)13)6(4)9(14)15/h3*1-3H,(H,10,11)(H,12,13)(H,14,15). The number of rotatable bonds is 9. The molecule has 18 nitrogen and oxygen atoms in total. The summed E-state index contributed by atoms with van der Waals surface area (Å²) in [6.07, 6.45) is 0. The zero-order valence-electron chi connectivity index (χ0n) is 21.9. The van der Waals surface area contributed by atoms with Crippen molar-refractivity contribution in [3.63, 3.8) is 0 Å². The van der Waals surface area contributed by atoms with Crippen LogP contribution in [0.4, 0.5) is 0 Å². The number of benzene rings is 3. The van der Waals surface area contributed by atoms with E-state index in [-0.39, 0.29) is 22.3 Å². The lowest BCUT2D eigenvalue weighted by molar-refractivity contribution is 0.0632. The molecule has 3 rings (SSSR count). The van der Waals surface area contributed by atoms with Crippen molar-refractivity contribution in [2.75, 3.05) is 0 Å². The van der Waals surface area contributed by atoms with E-state index in [9.17, 15) is 43.2 Å². The molecule has 0 atom stereocenters. The Balaban J connectivity index is 0.000000337. The van der Waals surface area contributed by atoms with Gasteiger partial charge in [-0.15, -0.1) is 0 Å². The van der Waals surface area contributed by atoms with E-state index in [1.54, 1.807) is 0 Å². The van der Waals surface area contributed by atoms with Gasteiger partial charge < -0.3 is 46.0 Å². The minimum Gasteiger partial charge on any atom is -0.478 e. The Hall–Kier alpha value is -7.11. The summed E-state index contributed by atoms with van der Waals surface area (Å²) in [6.45, 7) is 0. The molecule has 0 aliphatic carbocycles. The number of carbonyl (C=O) groups is 9. The molecule has 0 aliphatic heterocycles. The fourth-order valence-corrected chi connectivity index (χ4v) is 3.18. The second kappa shape index (κ2) is 15.2. The van der Waals surface area contributed by atoms with Gasteiger partial charge in [0.2, 0.25) is 0 Å². The third-order valence-corrected chi connectivity index (χ3v) is 5.14. The normalized spacial score (nSPS) is 9.60. The lowest BCUT2D eigenvalue weighted by Gasteiger charge is -2.04. The highest BCUT2D eigenvalue weighted by Crippen LogP contribution is 2.16. The summed E-state index contributed by atoms with van der Waals surface area (Å²) in [5.41, 5.74) is -4.14. The van der Waals surface area contributed by atoms with Crippen LogP contribution in [0.2, 0.25) is 0 Å². The maximum absolute atomic E-state index is 10.7. The van der Waals surface area contributed by atoms with Gasteiger partial charge in [0.15, 0.2) is 0 Å². The summed E-state index contributed by atoms with van der Waals surface area (Å²) in [5.74, 6) is -12.9. The Kier molecular flexibility index (Phi) is 12.1. The van der Waals surface area contributed by atoms with Gasteiger partial charge in [-0.05, 0) is 48.5 Å². The maximum Gasteiger partial charge on any atom is 0.337 e. The third-order valence-electron chi connectivity index (χ3n) is 5.14. The van der Waals surface area contributed by atoms with Crippen molar-refractivity contribution < 1.29 is 89.1 Å². The molecule has 0 saturated carbocycles. The minimum atomic E-state index is -1.58. The van der Waals surface area contributed by atoms with Gasteiger partial charge in [0.1, 0.15) is 0 Å². The number of hydrogen-bond donors (Lipinski definition) is 9. The lowest BCUT2D eigenvalue weighted by atomic mass is 10.0. The fourth-order valence-electron chi connectivity index (χ4n) is 3.18. The zero-order valence-corrected chi connectivity index (χ0v) is 21.9. The molecule has 0 spiro atoms. The van der Waals surface area contributed by atoms with Crippen LogP contribution in [0.5, 0.6) is 0 Å². The van der Waals surface area contributed by atoms with Crippen LogP contribution < -0.4 is 0 Å². The van der Waals surface area contributed by atoms with Crippen molar-refractivity contribution in [1.82, 2.24) is 0 Å². The van der Waals surface area contributed by atoms with Gasteiger partial charge in [0.05, 0.1) is 50.1 Å². The Labute approximate surface area is 247 Å². The maximum atomic E-state index is 10.7. The van der Waals surface area contributed by atoms with E-state index in [1.807, 2.05) is 0 Å². The van der Waals surface area contributed by atoms with Crippen molar-refractivity contribution >= 4 is 53.7 Å². The quantitative estimate of drug-likeness (QED) is 0.164. The predicted molar refractivity (Wildman–Crippen MR) is 142 cm³/mol. The van der Waals surface area contributed by atoms with Crippen LogP contribution >= 0.6 is 0 Å². The second-order valence-corrected chi connectivity index (χ2v) is 8.03. The van der Waals surface area contributed by atoms with Crippen LogP contribution in [0, 0.1) is 0 Å². The fraction of sp³-hybridized carbons (Fsp3) is 0. The largest absolute Gasteiger partial charge is 0.478 e. The molecule has 0 aromatic heterocycles. The summed E-state index contributed by atoms with van der Waals surface area (Å²) in [6, 6.07) is 8.77. The number of hydrogen-bond acceptors (Lipinski definition) is 9. The first-order valence-electron chi connectivity index (χ1n) is 11.3. The van der Waals surface area contributed by atoms with E-state index in [2.05, 4.69) is 0 Å². The molecule has 0 aliphatic rings. The Morgan fingerprint density at radius 1 is 0.311 bits per heavy atom. The van der Waals surface area contributed by atoms with E-state index in [0.717, 1.165) is 48.5 Å². The molecule has 3 aromatic carbocycles. The summed E-state index contributed by atoms with van der Waals surface area (Å²) < 4.78 is 0. The molecule has 0 unspecified atom stereocenters. The third kappa shape index (κ3) is 9.74. The van der Waals surface area contributed by atoms with Crippen LogP contribution in [0.1, 0.15) is 93.2 Å². The van der Waals surface area contributed by atoms with E-state index < -0.39 is 81.5 Å². The van der Waals surface area contributed by atoms with Crippen LogP contribution in [0.15, 0.2) is 54.6 Å². The number of carboxylic acids is 9. The van der Waals surface area contributed by atoms with Gasteiger partial charge in [-0.1, -0.05) is 6.07 Å². The molecule has 9 N–H and O–H groups in total. The zero-order chi connectivity index (χ0) is 34.8. The van der Waals surface area contributed by atoms with Gasteiger partial charge >= 0.3 is 53.7 Å². The SMILES string of the molecule is O=C(O)c1cc(C(=O)O)cc(C(=O)O)c1.O=C(O)c1ccc(C(=O)O)c(C(=O)O)c1.O=C(O)c1cccc(C(=O)O)c1C(=O)O. The lowest BCUT2D eigenvalue weighted by Crippen LogP contribution is -2.14. The van der Waals surface area contributed by atoms with Crippen molar-refractivity contribution in [3.8, 4) is 0 Å². The number of carboxylic acid groups (broad SMARTS) is 9. The summed E-state index contributed by atoms with van der Waals surface area (Å²) in [4.78, 5) is 95.5. The molecule has 0 amide bonds. The molecule has 0 heterocycles. The highest BCUT2D eigenvalue weighted by atomic mass is 16.4. The van der Waals surface area contributed by atoms with Crippen molar-refractivity contribution in [3.05, 3.63) is 105 Å². The summed E-state index contributed by atoms with van der Waals surface area (Å²) in [7, 11) is 0. The molecule has 3 aromatic rings. The average molecular weight is 630 g/mol. The monoisotopic (exact) mass is 630 g/mol. The van der Waals surface area contributed by atoms with Gasteiger partial charge in [-0.25, -0.2) is 43.2 Å². The van der Waals surface area contributed by atoms with Gasteiger partial charge in [0, 0.05) is 0 Å². The molecular weight excluding hydrogens is 612 g/mol. The van der Waals surface area contributed by atoms with Crippen molar-refractivity contribution in [2.24, 2.45) is 0 Å². The van der Waals surface area contributed by atoms with Crippen molar-refractivity contribution in [1.29, 1.82) is 0 Å². The second-order valence-electron chi connectivity index (χ2n) is 8.03. The predicted octanol–water partition coefficient (Wildman–Crippen LogP) is 2.34. The Bertz CT molecular complexity index is 1620. The molecule has 234 valence electrons. The highest BCUT2D eigenvalue weighted by molar-refractivity contribution is 6.09. The summed E-state index contributed by atoms with van der Waals surface area (Å²) in [5, 5.41) is 77.8. The van der Waals surface area contributed by atoms with Gasteiger partial charge in [-0.3, -0.25) is 0 Å². The minimum absolute atomic E-state index is 0.266. The first-order valence-corrected chi connectivity index (χ1v) is 11.3. The van der Waals surface area contributed by atoms with Gasteiger partial charge in [0.25, 0.3) is 0 Å². The van der Waals surface area contributed by atoms with E-state index in [1.165, 1.54) is 6.07 Å². The molecule has 0 bridgehead atoms. The van der Waals surface area contributed by atoms with E-state index in [0.29, 0.717) is 0 Å². The molecule has 0 radical (unpaired) electrons. The van der Waals surface area contributed by atoms with Crippen LogP contribution in [0.25, 0.3) is 0 Å². The smallest absolute Gasteiger partial charge is 0.337 e. The number of aromatic carboxylic acids is 9. The molecule has 0 fully saturated rings.